The summed E-state index contributed by atoms with van der Waals surface area (Å²) >= 11 is 0. The van der Waals surface area contributed by atoms with Crippen LogP contribution in [0, 0.1) is 0 Å². The summed E-state index contributed by atoms with van der Waals surface area (Å²) in [5, 5.41) is 1.22. The van der Waals surface area contributed by atoms with Crippen LogP contribution in [0.15, 0.2) is 24.4 Å². The number of nitrogens with one attached hydrogen (secondary N) is 1. The van der Waals surface area contributed by atoms with E-state index in [1.54, 1.807) is 7.11 Å². The third-order valence-electron chi connectivity index (χ3n) is 2.33. The highest BCUT2D eigenvalue weighted by atomic mass is 16.5. The van der Waals surface area contributed by atoms with Gasteiger partial charge in [0.05, 0.1) is 7.11 Å². The molecule has 0 saturated heterocycles. The lowest BCUT2D eigenvalue weighted by Crippen LogP contribution is -1.87. The van der Waals surface area contributed by atoms with Crippen LogP contribution in [0.1, 0.15) is 12.5 Å². The van der Waals surface area contributed by atoms with E-state index in [9.17, 15) is 0 Å². The minimum Gasteiger partial charge on any atom is -0.497 e. The molecular weight excluding hydrogens is 162 g/mol. The molecule has 0 atom stereocenters. The first-order valence-corrected chi connectivity index (χ1v) is 4.49. The molecule has 1 heterocycles. The summed E-state index contributed by atoms with van der Waals surface area (Å²) in [7, 11) is 1.70. The van der Waals surface area contributed by atoms with Crippen LogP contribution in [0.5, 0.6) is 5.75 Å². The molecule has 1 aromatic heterocycles. The highest BCUT2D eigenvalue weighted by molar-refractivity contribution is 5.84. The topological polar surface area (TPSA) is 25.0 Å². The fraction of sp³-hybridized carbons (Fsp3) is 0.273. The Morgan fingerprint density at radius 1 is 1.38 bits per heavy atom. The Balaban J connectivity index is 2.70. The minimum atomic E-state index is 0.934. The van der Waals surface area contributed by atoms with Gasteiger partial charge in [-0.2, -0.15) is 0 Å². The Bertz CT molecular complexity index is 417. The van der Waals surface area contributed by atoms with Crippen molar-refractivity contribution < 1.29 is 4.74 Å². The first kappa shape index (κ1) is 8.17. The van der Waals surface area contributed by atoms with Gasteiger partial charge in [-0.15, -0.1) is 0 Å². The van der Waals surface area contributed by atoms with Crippen LogP contribution in [-0.4, -0.2) is 12.1 Å². The Kier molecular flexibility index (Phi) is 1.97. The van der Waals surface area contributed by atoms with Gasteiger partial charge in [0.2, 0.25) is 0 Å². The molecule has 2 aromatic rings. The van der Waals surface area contributed by atoms with E-state index < -0.39 is 0 Å². The Morgan fingerprint density at radius 2 is 2.23 bits per heavy atom. The van der Waals surface area contributed by atoms with Gasteiger partial charge < -0.3 is 9.72 Å². The molecule has 2 rings (SSSR count). The molecule has 2 heteroatoms. The number of methoxy groups -OCH3 is 1. The van der Waals surface area contributed by atoms with Gasteiger partial charge in [0.25, 0.3) is 0 Å². The normalized spacial score (nSPS) is 10.6. The van der Waals surface area contributed by atoms with E-state index in [-0.39, 0.29) is 0 Å². The summed E-state index contributed by atoms with van der Waals surface area (Å²) in [6.07, 6.45) is 2.98. The van der Waals surface area contributed by atoms with Crippen molar-refractivity contribution >= 4 is 10.9 Å². The first-order valence-electron chi connectivity index (χ1n) is 4.49. The Labute approximate surface area is 77.5 Å². The molecule has 0 radical (unpaired) electrons. The van der Waals surface area contributed by atoms with Gasteiger partial charge in [-0.25, -0.2) is 0 Å². The number of fused-ring (bicyclic) bond motifs is 1. The van der Waals surface area contributed by atoms with E-state index in [0.29, 0.717) is 0 Å². The van der Waals surface area contributed by atoms with Crippen molar-refractivity contribution in [2.75, 3.05) is 7.11 Å². The van der Waals surface area contributed by atoms with E-state index in [2.05, 4.69) is 24.0 Å². The number of aromatic amines is 1. The maximum Gasteiger partial charge on any atom is 0.119 e. The molecule has 0 fully saturated rings. The fourth-order valence-electron chi connectivity index (χ4n) is 1.62. The van der Waals surface area contributed by atoms with Crippen molar-refractivity contribution in [2.24, 2.45) is 0 Å². The standard InChI is InChI=1S/C11H13NO/c1-3-8-6-10(13-2)7-9-4-5-12-11(8)9/h4-7,12H,3H2,1-2H3. The number of ether oxygens (including phenoxy) is 1. The van der Waals surface area contributed by atoms with Gasteiger partial charge in [-0.3, -0.25) is 0 Å². The molecule has 0 aliphatic rings. The third kappa shape index (κ3) is 1.28. The molecule has 13 heavy (non-hydrogen) atoms. The molecule has 0 unspecified atom stereocenters. The van der Waals surface area contributed by atoms with Crippen molar-refractivity contribution in [3.63, 3.8) is 0 Å². The van der Waals surface area contributed by atoms with Crippen LogP contribution in [0.3, 0.4) is 0 Å². The molecule has 0 spiro atoms. The van der Waals surface area contributed by atoms with Gasteiger partial charge in [0.15, 0.2) is 0 Å². The summed E-state index contributed by atoms with van der Waals surface area (Å²) in [6.45, 7) is 2.15. The molecule has 1 aromatic carbocycles. The second kappa shape index (κ2) is 3.13. The van der Waals surface area contributed by atoms with Gasteiger partial charge in [-0.1, -0.05) is 6.92 Å². The molecule has 68 valence electrons. The molecule has 2 nitrogen and oxygen atoms in total. The third-order valence-corrected chi connectivity index (χ3v) is 2.33. The first-order chi connectivity index (χ1) is 6.35. The zero-order chi connectivity index (χ0) is 9.26. The average molecular weight is 175 g/mol. The number of aromatic nitrogens is 1. The number of hydrogen-bond donors (Lipinski definition) is 1. The van der Waals surface area contributed by atoms with Crippen LogP contribution >= 0.6 is 0 Å². The summed E-state index contributed by atoms with van der Waals surface area (Å²) in [4.78, 5) is 3.23. The van der Waals surface area contributed by atoms with Crippen LogP contribution < -0.4 is 4.74 Å². The average Bonchev–Trinajstić information content (AvgIpc) is 2.63. The summed E-state index contributed by atoms with van der Waals surface area (Å²) in [5.41, 5.74) is 2.53. The van der Waals surface area contributed by atoms with Gasteiger partial charge in [0.1, 0.15) is 5.75 Å². The Hall–Kier alpha value is -1.44. The molecule has 0 bridgehead atoms. The minimum absolute atomic E-state index is 0.934. The van der Waals surface area contributed by atoms with Crippen molar-refractivity contribution in [1.82, 2.24) is 4.98 Å². The SMILES string of the molecule is CCc1cc(OC)cc2cc[nH]c12. The number of hydrogen-bond acceptors (Lipinski definition) is 1. The lowest BCUT2D eigenvalue weighted by Gasteiger charge is -2.04. The monoisotopic (exact) mass is 175 g/mol. The molecule has 0 aliphatic heterocycles. The van der Waals surface area contributed by atoms with Crippen molar-refractivity contribution in [3.05, 3.63) is 30.0 Å². The largest absolute Gasteiger partial charge is 0.497 e. The van der Waals surface area contributed by atoms with Gasteiger partial charge >= 0.3 is 0 Å². The van der Waals surface area contributed by atoms with Crippen LogP contribution in [-0.2, 0) is 6.42 Å². The van der Waals surface area contributed by atoms with Crippen molar-refractivity contribution in [2.45, 2.75) is 13.3 Å². The fourth-order valence-corrected chi connectivity index (χ4v) is 1.62. The van der Waals surface area contributed by atoms with Crippen LogP contribution in [0.4, 0.5) is 0 Å². The predicted molar refractivity (Wildman–Crippen MR) is 54.2 cm³/mol. The van der Waals surface area contributed by atoms with E-state index in [1.807, 2.05) is 12.3 Å². The molecule has 0 aliphatic carbocycles. The predicted octanol–water partition coefficient (Wildman–Crippen LogP) is 2.74. The maximum absolute atomic E-state index is 5.22. The maximum atomic E-state index is 5.22. The molecule has 0 saturated carbocycles. The smallest absolute Gasteiger partial charge is 0.119 e. The quantitative estimate of drug-likeness (QED) is 0.745. The van der Waals surface area contributed by atoms with E-state index in [1.165, 1.54) is 16.5 Å². The van der Waals surface area contributed by atoms with E-state index in [0.717, 1.165) is 12.2 Å². The van der Waals surface area contributed by atoms with Crippen LogP contribution in [0.2, 0.25) is 0 Å². The molecule has 1 N–H and O–H groups in total. The zero-order valence-corrected chi connectivity index (χ0v) is 7.92. The highest BCUT2D eigenvalue weighted by Crippen LogP contribution is 2.24. The van der Waals surface area contributed by atoms with E-state index in [4.69, 9.17) is 4.74 Å². The van der Waals surface area contributed by atoms with Crippen LogP contribution in [0.25, 0.3) is 10.9 Å². The lowest BCUT2D eigenvalue weighted by atomic mass is 10.1. The highest BCUT2D eigenvalue weighted by Gasteiger charge is 2.03. The Morgan fingerprint density at radius 3 is 2.92 bits per heavy atom. The summed E-state index contributed by atoms with van der Waals surface area (Å²) < 4.78 is 5.22. The zero-order valence-electron chi connectivity index (χ0n) is 7.92. The van der Waals surface area contributed by atoms with Crippen molar-refractivity contribution in [3.8, 4) is 5.75 Å². The molecule has 0 amide bonds. The summed E-state index contributed by atoms with van der Waals surface area (Å²) in [6, 6.07) is 6.20. The summed E-state index contributed by atoms with van der Waals surface area (Å²) in [5.74, 6) is 0.934. The van der Waals surface area contributed by atoms with Gasteiger partial charge in [0, 0.05) is 17.1 Å². The number of benzene rings is 1. The van der Waals surface area contributed by atoms with Gasteiger partial charge in [-0.05, 0) is 30.2 Å². The second-order valence-corrected chi connectivity index (χ2v) is 3.08. The lowest BCUT2D eigenvalue weighted by molar-refractivity contribution is 0.415. The number of H-pyrrole nitrogens is 1. The number of rotatable bonds is 2. The second-order valence-electron chi connectivity index (χ2n) is 3.08. The van der Waals surface area contributed by atoms with E-state index >= 15 is 0 Å². The number of aryl methyl sites for hydroxylation is 1. The molecular formula is C11H13NO. The van der Waals surface area contributed by atoms with Crippen molar-refractivity contribution in [1.29, 1.82) is 0 Å².